The lowest BCUT2D eigenvalue weighted by Crippen LogP contribution is -2.55. The molecule has 25 heavy (non-hydrogen) atoms. The van der Waals surface area contributed by atoms with Crippen LogP contribution in [-0.2, 0) is 0 Å². The first-order chi connectivity index (χ1) is 13.4. The number of nitrogens with zero attached hydrogens (tertiary/aromatic N) is 3. The lowest BCUT2D eigenvalue weighted by molar-refractivity contribution is 0.489. The molecule has 2 aliphatic rings. The maximum Gasteiger partial charge on any atom is 0.306 e. The lowest BCUT2D eigenvalue weighted by atomic mass is 9.63. The van der Waals surface area contributed by atoms with Gasteiger partial charge < -0.3 is 14.2 Å². The van der Waals surface area contributed by atoms with Crippen molar-refractivity contribution in [2.75, 3.05) is 16.9 Å². The predicted octanol–water partition coefficient (Wildman–Crippen LogP) is 2.64. The SMILES string of the molecule is [2H]C([2H])([2H])N1c2ccccc2N(N2C=c3c(oc4ccccc34)=CB2C)[C@H]1C. The van der Waals surface area contributed by atoms with Gasteiger partial charge in [0.15, 0.2) is 0 Å². The smallest absolute Gasteiger partial charge is 0.306 e. The summed E-state index contributed by atoms with van der Waals surface area (Å²) >= 11 is 0. The third kappa shape index (κ3) is 1.95. The van der Waals surface area contributed by atoms with Gasteiger partial charge in [-0.2, -0.15) is 0 Å². The van der Waals surface area contributed by atoms with Crippen LogP contribution >= 0.6 is 0 Å². The number of anilines is 2. The first-order valence-corrected chi connectivity index (χ1v) is 8.53. The standard InChI is InChI=1S/C20H20BN3O/c1-14-22(3)17-9-5-6-10-18(17)24(14)23-13-16-15-8-4-7-11-19(15)25-20(16)12-21(23)2/h4-14H,1-3H3/t14-/m0/s1/i3D3. The summed E-state index contributed by atoms with van der Waals surface area (Å²) < 4.78 is 30.1. The summed E-state index contributed by atoms with van der Waals surface area (Å²) in [4.78, 5) is 3.62. The van der Waals surface area contributed by atoms with Gasteiger partial charge in [-0.1, -0.05) is 37.2 Å². The Labute approximate surface area is 151 Å². The molecule has 0 amide bonds. The maximum atomic E-state index is 8.03. The molecule has 0 bridgehead atoms. The quantitative estimate of drug-likeness (QED) is 0.639. The van der Waals surface area contributed by atoms with Crippen molar-refractivity contribution in [3.8, 4) is 0 Å². The number of benzene rings is 2. The molecule has 5 rings (SSSR count). The predicted molar refractivity (Wildman–Crippen MR) is 105 cm³/mol. The first kappa shape index (κ1) is 11.7. The van der Waals surface area contributed by atoms with Gasteiger partial charge in [-0.15, -0.1) is 0 Å². The minimum Gasteiger partial charge on any atom is -0.457 e. The number of rotatable bonds is 1. The highest BCUT2D eigenvalue weighted by atomic mass is 16.3. The number of para-hydroxylation sites is 3. The second-order valence-corrected chi connectivity index (χ2v) is 6.63. The molecular formula is C20H20BN3O. The molecule has 0 N–H and O–H groups in total. The number of hydrogen-bond acceptors (Lipinski definition) is 4. The number of fused-ring (bicyclic) bond motifs is 4. The van der Waals surface area contributed by atoms with Gasteiger partial charge in [-0.05, 0) is 31.1 Å². The van der Waals surface area contributed by atoms with Gasteiger partial charge in [0.25, 0.3) is 0 Å². The van der Waals surface area contributed by atoms with Crippen LogP contribution in [0.1, 0.15) is 11.0 Å². The summed E-state index contributed by atoms with van der Waals surface area (Å²) in [7, 11) is 0. The Morgan fingerprint density at radius 2 is 1.84 bits per heavy atom. The Kier molecular flexibility index (Phi) is 2.38. The second kappa shape index (κ2) is 5.09. The van der Waals surface area contributed by atoms with E-state index in [0.717, 1.165) is 33.0 Å². The lowest BCUT2D eigenvalue weighted by Gasteiger charge is -2.40. The zero-order valence-electron chi connectivity index (χ0n) is 17.2. The molecule has 124 valence electrons. The summed E-state index contributed by atoms with van der Waals surface area (Å²) in [6, 6.07) is 15.6. The van der Waals surface area contributed by atoms with Gasteiger partial charge >= 0.3 is 6.85 Å². The topological polar surface area (TPSA) is 22.9 Å². The molecule has 0 fully saturated rings. The maximum absolute atomic E-state index is 8.03. The fourth-order valence-electron chi connectivity index (χ4n) is 3.84. The van der Waals surface area contributed by atoms with Crippen LogP contribution < -0.4 is 20.5 Å². The van der Waals surface area contributed by atoms with Crippen molar-refractivity contribution in [1.29, 1.82) is 0 Å². The summed E-state index contributed by atoms with van der Waals surface area (Å²) in [5.41, 5.74) is 3.32. The zero-order chi connectivity index (χ0) is 19.6. The van der Waals surface area contributed by atoms with Crippen molar-refractivity contribution in [3.05, 3.63) is 59.2 Å². The molecule has 0 saturated heterocycles. The van der Waals surface area contributed by atoms with E-state index in [9.17, 15) is 0 Å². The van der Waals surface area contributed by atoms with Gasteiger partial charge in [-0.3, -0.25) is 5.01 Å². The van der Waals surface area contributed by atoms with Crippen molar-refractivity contribution in [2.45, 2.75) is 19.9 Å². The summed E-state index contributed by atoms with van der Waals surface area (Å²) in [5, 5.41) is 4.14. The molecule has 5 heteroatoms. The average molecular weight is 332 g/mol. The van der Waals surface area contributed by atoms with Gasteiger partial charge in [0.1, 0.15) is 17.2 Å². The normalized spacial score (nSPS) is 21.2. The molecule has 0 radical (unpaired) electrons. The van der Waals surface area contributed by atoms with Crippen LogP contribution in [0.15, 0.2) is 52.9 Å². The van der Waals surface area contributed by atoms with Crippen LogP contribution in [-0.4, -0.2) is 24.9 Å². The van der Waals surface area contributed by atoms with Crippen LogP contribution in [0.25, 0.3) is 23.1 Å². The van der Waals surface area contributed by atoms with E-state index in [0.29, 0.717) is 0 Å². The summed E-state index contributed by atoms with van der Waals surface area (Å²) in [6.45, 7) is 1.80. The minimum absolute atomic E-state index is 0.0140. The zero-order valence-corrected chi connectivity index (χ0v) is 14.2. The van der Waals surface area contributed by atoms with E-state index in [4.69, 9.17) is 8.53 Å². The number of furan rings is 1. The highest BCUT2D eigenvalue weighted by Gasteiger charge is 2.36. The molecule has 2 aromatic carbocycles. The minimum atomic E-state index is -2.22. The Hall–Kier alpha value is -2.82. The van der Waals surface area contributed by atoms with Crippen molar-refractivity contribution in [2.24, 2.45) is 0 Å². The fraction of sp³-hybridized carbons (Fsp3) is 0.200. The van der Waals surface area contributed by atoms with E-state index >= 15 is 0 Å². The molecule has 0 unspecified atom stereocenters. The first-order valence-electron chi connectivity index (χ1n) is 10.0. The van der Waals surface area contributed by atoms with Crippen LogP contribution in [0.2, 0.25) is 6.82 Å². The average Bonchev–Trinajstić information content (AvgIpc) is 3.14. The summed E-state index contributed by atoms with van der Waals surface area (Å²) in [6.07, 6.45) is 1.72. The molecule has 0 aliphatic carbocycles. The molecular weight excluding hydrogens is 309 g/mol. The summed E-state index contributed by atoms with van der Waals surface area (Å²) in [5.74, 6) is 2.09. The van der Waals surface area contributed by atoms with Gasteiger partial charge in [-0.25, -0.2) is 0 Å². The molecule has 3 aromatic rings. The highest BCUT2D eigenvalue weighted by molar-refractivity contribution is 6.70. The third-order valence-electron chi connectivity index (χ3n) is 5.10. The Balaban J connectivity index is 1.69. The molecule has 3 heterocycles. The van der Waals surface area contributed by atoms with E-state index in [1.54, 1.807) is 0 Å². The van der Waals surface area contributed by atoms with Gasteiger partial charge in [0, 0.05) is 27.9 Å². The van der Waals surface area contributed by atoms with Gasteiger partial charge in [0.05, 0.1) is 11.4 Å². The van der Waals surface area contributed by atoms with E-state index < -0.39 is 6.98 Å². The number of hydrazine groups is 1. The molecule has 2 aliphatic heterocycles. The molecule has 0 spiro atoms. The van der Waals surface area contributed by atoms with Crippen molar-refractivity contribution < 1.29 is 8.53 Å². The fourth-order valence-corrected chi connectivity index (χ4v) is 3.84. The largest absolute Gasteiger partial charge is 0.457 e. The molecule has 1 aromatic heterocycles. The van der Waals surface area contributed by atoms with Crippen molar-refractivity contribution in [3.63, 3.8) is 0 Å². The Morgan fingerprint density at radius 3 is 2.68 bits per heavy atom. The van der Waals surface area contributed by atoms with Crippen molar-refractivity contribution >= 4 is 41.4 Å². The van der Waals surface area contributed by atoms with E-state index in [2.05, 4.69) is 28.9 Å². The molecule has 4 nitrogen and oxygen atoms in total. The third-order valence-corrected chi connectivity index (χ3v) is 5.10. The Morgan fingerprint density at radius 1 is 1.08 bits per heavy atom. The van der Waals surface area contributed by atoms with Crippen molar-refractivity contribution in [1.82, 2.24) is 4.92 Å². The Bertz CT molecular complexity index is 1190. The van der Waals surface area contributed by atoms with Gasteiger partial charge in [0.2, 0.25) is 0 Å². The monoisotopic (exact) mass is 332 g/mol. The second-order valence-electron chi connectivity index (χ2n) is 6.63. The molecule has 0 saturated carbocycles. The van der Waals surface area contributed by atoms with Crippen LogP contribution in [0.3, 0.4) is 0 Å². The highest BCUT2D eigenvalue weighted by Crippen LogP contribution is 2.39. The van der Waals surface area contributed by atoms with E-state index in [1.165, 1.54) is 4.90 Å². The van der Waals surface area contributed by atoms with Crippen LogP contribution in [0.5, 0.6) is 0 Å². The van der Waals surface area contributed by atoms with E-state index in [1.807, 2.05) is 55.5 Å². The molecule has 1 atom stereocenters. The van der Waals surface area contributed by atoms with E-state index in [-0.39, 0.29) is 13.0 Å². The van der Waals surface area contributed by atoms with Crippen LogP contribution in [0.4, 0.5) is 11.4 Å². The van der Waals surface area contributed by atoms with Crippen LogP contribution in [0, 0.1) is 0 Å². The number of hydrogen-bond donors (Lipinski definition) is 0.